The van der Waals surface area contributed by atoms with Gasteiger partial charge in [-0.05, 0) is 42.2 Å². The van der Waals surface area contributed by atoms with E-state index in [1.165, 1.54) is 12.1 Å². The van der Waals surface area contributed by atoms with Crippen LogP contribution in [-0.2, 0) is 12.8 Å². The normalized spacial score (nSPS) is 12.2. The Morgan fingerprint density at radius 2 is 2.05 bits per heavy atom. The van der Waals surface area contributed by atoms with Gasteiger partial charge in [0, 0.05) is 18.7 Å². The van der Waals surface area contributed by atoms with Crippen LogP contribution in [0.25, 0.3) is 0 Å². The lowest BCUT2D eigenvalue weighted by atomic mass is 9.99. The summed E-state index contributed by atoms with van der Waals surface area (Å²) in [5.74, 6) is 0.271. The van der Waals surface area contributed by atoms with E-state index in [0.717, 1.165) is 16.7 Å². The van der Waals surface area contributed by atoms with E-state index >= 15 is 0 Å². The standard InChI is InChI=1S/C16H18FNO2/c1-11-3-5-14(17)8-13(11)9-15(19)7-12-4-6-16(20-2)18-10-12/h3-6,8,10,15,19H,7,9H2,1-2H3. The predicted octanol–water partition coefficient (Wildman–Crippen LogP) is 2.68. The van der Waals surface area contributed by atoms with E-state index in [4.69, 9.17) is 4.74 Å². The van der Waals surface area contributed by atoms with Crippen molar-refractivity contribution >= 4 is 0 Å². The second kappa shape index (κ2) is 6.48. The largest absolute Gasteiger partial charge is 0.481 e. The Bertz CT molecular complexity index is 569. The number of hydrogen-bond acceptors (Lipinski definition) is 3. The topological polar surface area (TPSA) is 42.4 Å². The van der Waals surface area contributed by atoms with Gasteiger partial charge in [-0.1, -0.05) is 12.1 Å². The van der Waals surface area contributed by atoms with Crippen LogP contribution in [0.15, 0.2) is 36.5 Å². The van der Waals surface area contributed by atoms with Gasteiger partial charge in [-0.15, -0.1) is 0 Å². The van der Waals surface area contributed by atoms with Crippen molar-refractivity contribution in [2.75, 3.05) is 7.11 Å². The number of methoxy groups -OCH3 is 1. The van der Waals surface area contributed by atoms with Crippen LogP contribution >= 0.6 is 0 Å². The molecule has 4 heteroatoms. The van der Waals surface area contributed by atoms with Crippen LogP contribution in [0.1, 0.15) is 16.7 Å². The van der Waals surface area contributed by atoms with Gasteiger partial charge in [-0.2, -0.15) is 0 Å². The van der Waals surface area contributed by atoms with Gasteiger partial charge in [0.25, 0.3) is 0 Å². The first kappa shape index (κ1) is 14.5. The minimum atomic E-state index is -0.564. The van der Waals surface area contributed by atoms with Gasteiger partial charge in [0.2, 0.25) is 5.88 Å². The molecule has 20 heavy (non-hydrogen) atoms. The van der Waals surface area contributed by atoms with E-state index in [1.54, 1.807) is 25.4 Å². The highest BCUT2D eigenvalue weighted by molar-refractivity contribution is 5.27. The molecule has 2 aromatic rings. The molecule has 0 bridgehead atoms. The van der Waals surface area contributed by atoms with Gasteiger partial charge in [-0.3, -0.25) is 0 Å². The number of rotatable bonds is 5. The summed E-state index contributed by atoms with van der Waals surface area (Å²) in [7, 11) is 1.56. The fourth-order valence-electron chi connectivity index (χ4n) is 2.11. The zero-order valence-corrected chi connectivity index (χ0v) is 11.6. The molecule has 0 radical (unpaired) electrons. The number of aryl methyl sites for hydroxylation is 1. The molecule has 1 unspecified atom stereocenters. The minimum absolute atomic E-state index is 0.274. The molecule has 0 saturated heterocycles. The Labute approximate surface area is 118 Å². The van der Waals surface area contributed by atoms with Crippen LogP contribution in [0.4, 0.5) is 4.39 Å². The number of aromatic nitrogens is 1. The van der Waals surface area contributed by atoms with E-state index in [9.17, 15) is 9.50 Å². The van der Waals surface area contributed by atoms with Crippen LogP contribution in [0.5, 0.6) is 5.88 Å². The average molecular weight is 275 g/mol. The molecule has 3 nitrogen and oxygen atoms in total. The molecular weight excluding hydrogens is 257 g/mol. The summed E-state index contributed by atoms with van der Waals surface area (Å²) in [5.41, 5.74) is 2.74. The zero-order valence-electron chi connectivity index (χ0n) is 11.6. The Morgan fingerprint density at radius 1 is 1.25 bits per heavy atom. The molecule has 0 aliphatic rings. The monoisotopic (exact) mass is 275 g/mol. The molecule has 1 heterocycles. The van der Waals surface area contributed by atoms with Crippen molar-refractivity contribution in [3.63, 3.8) is 0 Å². The molecule has 0 aliphatic carbocycles. The summed E-state index contributed by atoms with van der Waals surface area (Å²) in [5, 5.41) is 10.1. The maximum Gasteiger partial charge on any atom is 0.212 e. The van der Waals surface area contributed by atoms with Crippen molar-refractivity contribution in [2.24, 2.45) is 0 Å². The Balaban J connectivity index is 2.00. The molecule has 1 aromatic carbocycles. The molecule has 1 atom stereocenters. The van der Waals surface area contributed by atoms with Crippen LogP contribution in [0, 0.1) is 12.7 Å². The van der Waals surface area contributed by atoms with Crippen molar-refractivity contribution in [3.05, 3.63) is 59.0 Å². The van der Waals surface area contributed by atoms with Crippen molar-refractivity contribution in [1.82, 2.24) is 4.98 Å². The number of pyridine rings is 1. The number of nitrogens with zero attached hydrogens (tertiary/aromatic N) is 1. The lowest BCUT2D eigenvalue weighted by molar-refractivity contribution is 0.175. The van der Waals surface area contributed by atoms with Crippen molar-refractivity contribution in [3.8, 4) is 5.88 Å². The second-order valence-corrected chi connectivity index (χ2v) is 4.84. The Hall–Kier alpha value is -1.94. The summed E-state index contributed by atoms with van der Waals surface area (Å²) >= 11 is 0. The van der Waals surface area contributed by atoms with Gasteiger partial charge >= 0.3 is 0 Å². The van der Waals surface area contributed by atoms with Gasteiger partial charge in [0.05, 0.1) is 13.2 Å². The third-order valence-corrected chi connectivity index (χ3v) is 3.24. The van der Waals surface area contributed by atoms with Crippen LogP contribution in [-0.4, -0.2) is 23.3 Å². The summed E-state index contributed by atoms with van der Waals surface area (Å²) in [6.45, 7) is 1.91. The van der Waals surface area contributed by atoms with Gasteiger partial charge in [0.1, 0.15) is 5.82 Å². The van der Waals surface area contributed by atoms with Crippen LogP contribution < -0.4 is 4.74 Å². The molecule has 0 saturated carbocycles. The maximum atomic E-state index is 13.2. The minimum Gasteiger partial charge on any atom is -0.481 e. The molecule has 1 N–H and O–H groups in total. The molecule has 0 aliphatic heterocycles. The molecule has 0 spiro atoms. The maximum absolute atomic E-state index is 13.2. The first-order chi connectivity index (χ1) is 9.58. The fourth-order valence-corrected chi connectivity index (χ4v) is 2.11. The SMILES string of the molecule is COc1ccc(CC(O)Cc2cc(F)ccc2C)cn1. The van der Waals surface area contributed by atoms with Crippen molar-refractivity contribution in [2.45, 2.75) is 25.9 Å². The number of ether oxygens (including phenoxy) is 1. The van der Waals surface area contributed by atoms with Crippen LogP contribution in [0.3, 0.4) is 0 Å². The highest BCUT2D eigenvalue weighted by Gasteiger charge is 2.10. The quantitative estimate of drug-likeness (QED) is 0.912. The summed E-state index contributed by atoms with van der Waals surface area (Å²) in [4.78, 5) is 4.10. The van der Waals surface area contributed by atoms with E-state index in [2.05, 4.69) is 4.98 Å². The summed E-state index contributed by atoms with van der Waals surface area (Å²) in [6, 6.07) is 8.26. The first-order valence-electron chi connectivity index (χ1n) is 6.50. The summed E-state index contributed by atoms with van der Waals surface area (Å²) < 4.78 is 18.2. The third-order valence-electron chi connectivity index (χ3n) is 3.24. The number of halogens is 1. The number of aliphatic hydroxyl groups is 1. The first-order valence-corrected chi connectivity index (χ1v) is 6.50. The van der Waals surface area contributed by atoms with E-state index in [0.29, 0.717) is 18.7 Å². The average Bonchev–Trinajstić information content (AvgIpc) is 2.43. The lowest BCUT2D eigenvalue weighted by Crippen LogP contribution is -2.15. The van der Waals surface area contributed by atoms with Crippen molar-refractivity contribution < 1.29 is 14.2 Å². The number of aliphatic hydroxyl groups excluding tert-OH is 1. The molecule has 106 valence electrons. The number of hydrogen-bond donors (Lipinski definition) is 1. The van der Waals surface area contributed by atoms with E-state index in [-0.39, 0.29) is 5.82 Å². The summed E-state index contributed by atoms with van der Waals surface area (Å²) in [6.07, 6.45) is 2.02. The zero-order chi connectivity index (χ0) is 14.5. The molecule has 2 rings (SSSR count). The van der Waals surface area contributed by atoms with Crippen LogP contribution in [0.2, 0.25) is 0 Å². The molecule has 1 aromatic heterocycles. The third kappa shape index (κ3) is 3.78. The highest BCUT2D eigenvalue weighted by Crippen LogP contribution is 2.15. The smallest absolute Gasteiger partial charge is 0.212 e. The number of benzene rings is 1. The molecule has 0 amide bonds. The molecule has 0 fully saturated rings. The Morgan fingerprint density at radius 3 is 2.70 bits per heavy atom. The van der Waals surface area contributed by atoms with E-state index in [1.807, 2.05) is 13.0 Å². The van der Waals surface area contributed by atoms with Gasteiger partial charge in [-0.25, -0.2) is 9.37 Å². The highest BCUT2D eigenvalue weighted by atomic mass is 19.1. The van der Waals surface area contributed by atoms with Gasteiger partial charge < -0.3 is 9.84 Å². The molecular formula is C16H18FNO2. The van der Waals surface area contributed by atoms with Gasteiger partial charge in [0.15, 0.2) is 0 Å². The Kier molecular flexibility index (Phi) is 4.69. The predicted molar refractivity (Wildman–Crippen MR) is 75.3 cm³/mol. The van der Waals surface area contributed by atoms with E-state index < -0.39 is 6.10 Å². The second-order valence-electron chi connectivity index (χ2n) is 4.84. The lowest BCUT2D eigenvalue weighted by Gasteiger charge is -2.13. The fraction of sp³-hybridized carbons (Fsp3) is 0.312. The van der Waals surface area contributed by atoms with Crippen molar-refractivity contribution in [1.29, 1.82) is 0 Å².